The van der Waals surface area contributed by atoms with Crippen molar-refractivity contribution in [2.24, 2.45) is 0 Å². The van der Waals surface area contributed by atoms with E-state index in [9.17, 15) is 14.0 Å². The van der Waals surface area contributed by atoms with Gasteiger partial charge in [0.25, 0.3) is 5.91 Å². The highest BCUT2D eigenvalue weighted by Crippen LogP contribution is 2.27. The van der Waals surface area contributed by atoms with E-state index >= 15 is 0 Å². The van der Waals surface area contributed by atoms with Gasteiger partial charge in [0.05, 0.1) is 18.6 Å². The topological polar surface area (TPSA) is 80.3 Å². The minimum atomic E-state index is -0.400. The van der Waals surface area contributed by atoms with Crippen LogP contribution in [-0.4, -0.2) is 29.7 Å². The van der Waals surface area contributed by atoms with Gasteiger partial charge in [0.2, 0.25) is 5.91 Å². The molecule has 9 heteroatoms. The third kappa shape index (κ3) is 6.21. The lowest BCUT2D eigenvalue weighted by Crippen LogP contribution is -2.14. The summed E-state index contributed by atoms with van der Waals surface area (Å²) in [6.45, 7) is 0. The summed E-state index contributed by atoms with van der Waals surface area (Å²) in [5.41, 5.74) is 2.66. The van der Waals surface area contributed by atoms with Crippen molar-refractivity contribution < 1.29 is 18.7 Å². The van der Waals surface area contributed by atoms with Gasteiger partial charge in [0.15, 0.2) is 5.13 Å². The molecule has 3 aromatic carbocycles. The van der Waals surface area contributed by atoms with Gasteiger partial charge in [0, 0.05) is 27.1 Å². The second-order valence-corrected chi connectivity index (χ2v) is 9.00. The van der Waals surface area contributed by atoms with E-state index < -0.39 is 5.82 Å². The van der Waals surface area contributed by atoms with E-state index in [-0.39, 0.29) is 17.6 Å². The van der Waals surface area contributed by atoms with Gasteiger partial charge in [0.1, 0.15) is 11.6 Å². The number of halogens is 1. The predicted molar refractivity (Wildman–Crippen MR) is 134 cm³/mol. The van der Waals surface area contributed by atoms with Gasteiger partial charge in [-0.2, -0.15) is 0 Å². The molecule has 0 saturated carbocycles. The number of anilines is 2. The van der Waals surface area contributed by atoms with Gasteiger partial charge in [-0.05, 0) is 66.7 Å². The number of hydrogen-bond acceptors (Lipinski definition) is 6. The Morgan fingerprint density at radius 1 is 1.03 bits per heavy atom. The molecular weight excluding hydrogens is 473 g/mol. The summed E-state index contributed by atoms with van der Waals surface area (Å²) < 4.78 is 18.2. The molecule has 0 bridgehead atoms. The molecule has 0 atom stereocenters. The molecule has 2 amide bonds. The largest absolute Gasteiger partial charge is 0.497 e. The Balaban J connectivity index is 1.30. The summed E-state index contributed by atoms with van der Waals surface area (Å²) >= 11 is 2.70. The predicted octanol–water partition coefficient (Wildman–Crippen LogP) is 5.94. The maximum atomic E-state index is 13.0. The van der Waals surface area contributed by atoms with E-state index in [2.05, 4.69) is 15.6 Å². The standard InChI is InChI=1S/C25H20FN3O3S2/c1-32-20-11-7-16(8-12-20)22-14-34-25(28-22)29-23(30)15-33-21-4-2-3-19(13-21)27-24(31)17-5-9-18(26)10-6-17/h2-14H,15H2,1H3,(H,27,31)(H,28,29,30). The molecule has 0 aliphatic carbocycles. The minimum absolute atomic E-state index is 0.179. The number of thioether (sulfide) groups is 1. The lowest BCUT2D eigenvalue weighted by atomic mass is 10.2. The molecule has 6 nitrogen and oxygen atoms in total. The van der Waals surface area contributed by atoms with Gasteiger partial charge in [-0.1, -0.05) is 6.07 Å². The summed E-state index contributed by atoms with van der Waals surface area (Å²) in [7, 11) is 1.61. The van der Waals surface area contributed by atoms with Crippen LogP contribution in [0.1, 0.15) is 10.4 Å². The summed E-state index contributed by atoms with van der Waals surface area (Å²) in [5.74, 6) is 0.0385. The van der Waals surface area contributed by atoms with Crippen LogP contribution in [0.3, 0.4) is 0 Å². The van der Waals surface area contributed by atoms with Crippen molar-refractivity contribution in [2.75, 3.05) is 23.5 Å². The van der Waals surface area contributed by atoms with Gasteiger partial charge in [-0.25, -0.2) is 9.37 Å². The van der Waals surface area contributed by atoms with Crippen LogP contribution in [0, 0.1) is 5.82 Å². The number of carbonyl (C=O) groups excluding carboxylic acids is 2. The Hall–Kier alpha value is -3.69. The number of nitrogens with one attached hydrogen (secondary N) is 2. The number of carbonyl (C=O) groups is 2. The maximum Gasteiger partial charge on any atom is 0.255 e. The normalized spacial score (nSPS) is 10.5. The lowest BCUT2D eigenvalue weighted by molar-refractivity contribution is -0.113. The molecule has 0 unspecified atom stereocenters. The summed E-state index contributed by atoms with van der Waals surface area (Å²) in [6, 6.07) is 20.1. The molecule has 172 valence electrons. The van der Waals surface area contributed by atoms with Gasteiger partial charge >= 0.3 is 0 Å². The number of thiazole rings is 1. The third-order valence-corrected chi connectivity index (χ3v) is 6.46. The zero-order valence-corrected chi connectivity index (χ0v) is 19.7. The monoisotopic (exact) mass is 493 g/mol. The van der Waals surface area contributed by atoms with E-state index in [1.54, 1.807) is 25.3 Å². The summed E-state index contributed by atoms with van der Waals surface area (Å²) in [5, 5.41) is 8.01. The fraction of sp³-hybridized carbons (Fsp3) is 0.0800. The summed E-state index contributed by atoms with van der Waals surface area (Å²) in [4.78, 5) is 30.0. The Labute approximate surface area is 204 Å². The molecule has 0 aliphatic rings. The Bertz CT molecular complexity index is 1290. The molecule has 4 aromatic rings. The van der Waals surface area contributed by atoms with E-state index in [0.29, 0.717) is 16.4 Å². The van der Waals surface area contributed by atoms with Crippen molar-refractivity contribution in [3.8, 4) is 17.0 Å². The van der Waals surface area contributed by atoms with Gasteiger partial charge in [-0.3, -0.25) is 9.59 Å². The van der Waals surface area contributed by atoms with Crippen molar-refractivity contribution in [2.45, 2.75) is 4.90 Å². The molecule has 4 rings (SSSR count). The quantitative estimate of drug-likeness (QED) is 0.297. The second-order valence-electron chi connectivity index (χ2n) is 7.09. The average Bonchev–Trinajstić information content (AvgIpc) is 3.32. The Morgan fingerprint density at radius 3 is 2.53 bits per heavy atom. The van der Waals surface area contributed by atoms with Gasteiger partial charge in [-0.15, -0.1) is 23.1 Å². The molecule has 0 saturated heterocycles. The first-order chi connectivity index (χ1) is 16.5. The van der Waals surface area contributed by atoms with E-state index in [0.717, 1.165) is 21.9 Å². The van der Waals surface area contributed by atoms with E-state index in [1.807, 2.05) is 35.7 Å². The third-order valence-electron chi connectivity index (χ3n) is 4.70. The molecule has 0 aliphatic heterocycles. The van der Waals surface area contributed by atoms with Crippen LogP contribution in [0.4, 0.5) is 15.2 Å². The molecular formula is C25H20FN3O3S2. The first-order valence-electron chi connectivity index (χ1n) is 10.2. The number of methoxy groups -OCH3 is 1. The van der Waals surface area contributed by atoms with E-state index in [1.165, 1.54) is 47.4 Å². The molecule has 2 N–H and O–H groups in total. The van der Waals surface area contributed by atoms with Crippen molar-refractivity contribution in [3.05, 3.63) is 89.6 Å². The molecule has 1 aromatic heterocycles. The first-order valence-corrected chi connectivity index (χ1v) is 12.1. The highest BCUT2D eigenvalue weighted by molar-refractivity contribution is 8.00. The SMILES string of the molecule is COc1ccc(-c2csc(NC(=O)CSc3cccc(NC(=O)c4ccc(F)cc4)c3)n2)cc1. The lowest BCUT2D eigenvalue weighted by Gasteiger charge is -2.08. The van der Waals surface area contributed by atoms with Gasteiger partial charge < -0.3 is 15.4 Å². The number of hydrogen-bond donors (Lipinski definition) is 2. The van der Waals surface area contributed by atoms with Crippen molar-refractivity contribution in [3.63, 3.8) is 0 Å². The number of nitrogens with zero attached hydrogens (tertiary/aromatic N) is 1. The van der Waals surface area contributed by atoms with Crippen LogP contribution in [0.25, 0.3) is 11.3 Å². The van der Waals surface area contributed by atoms with Crippen LogP contribution >= 0.6 is 23.1 Å². The minimum Gasteiger partial charge on any atom is -0.497 e. The highest BCUT2D eigenvalue weighted by atomic mass is 32.2. The zero-order chi connectivity index (χ0) is 23.9. The molecule has 0 radical (unpaired) electrons. The highest BCUT2D eigenvalue weighted by Gasteiger charge is 2.10. The van der Waals surface area contributed by atoms with Crippen molar-refractivity contribution >= 4 is 45.7 Å². The zero-order valence-electron chi connectivity index (χ0n) is 18.1. The maximum absolute atomic E-state index is 13.0. The summed E-state index contributed by atoms with van der Waals surface area (Å²) in [6.07, 6.45) is 0. The number of aromatic nitrogens is 1. The first kappa shape index (κ1) is 23.5. The number of amides is 2. The number of benzene rings is 3. The van der Waals surface area contributed by atoms with Crippen LogP contribution in [0.2, 0.25) is 0 Å². The fourth-order valence-electron chi connectivity index (χ4n) is 3.00. The van der Waals surface area contributed by atoms with Crippen LogP contribution < -0.4 is 15.4 Å². The Kier molecular flexibility index (Phi) is 7.56. The van der Waals surface area contributed by atoms with Crippen molar-refractivity contribution in [1.82, 2.24) is 4.98 Å². The molecule has 1 heterocycles. The Morgan fingerprint density at radius 2 is 1.79 bits per heavy atom. The van der Waals surface area contributed by atoms with Crippen molar-refractivity contribution in [1.29, 1.82) is 0 Å². The molecule has 0 spiro atoms. The molecule has 0 fully saturated rings. The van der Waals surface area contributed by atoms with E-state index in [4.69, 9.17) is 4.74 Å². The van der Waals surface area contributed by atoms with Crippen LogP contribution in [-0.2, 0) is 4.79 Å². The molecule has 34 heavy (non-hydrogen) atoms. The van der Waals surface area contributed by atoms with Crippen LogP contribution in [0.15, 0.2) is 83.1 Å². The fourth-order valence-corrected chi connectivity index (χ4v) is 4.49. The number of rotatable bonds is 8. The smallest absolute Gasteiger partial charge is 0.255 e. The van der Waals surface area contributed by atoms with Crippen LogP contribution in [0.5, 0.6) is 5.75 Å². The second kappa shape index (κ2) is 11.0. The number of ether oxygens (including phenoxy) is 1. The average molecular weight is 494 g/mol.